The minimum Gasteiger partial charge on any atom is -0.456 e. The molecular formula is C45H28N2O2. The highest BCUT2D eigenvalue weighted by atomic mass is 16.3. The Kier molecular flexibility index (Phi) is 6.15. The van der Waals surface area contributed by atoms with E-state index in [4.69, 9.17) is 13.8 Å². The summed E-state index contributed by atoms with van der Waals surface area (Å²) in [6.07, 6.45) is 0. The van der Waals surface area contributed by atoms with E-state index in [1.807, 2.05) is 30.3 Å². The summed E-state index contributed by atoms with van der Waals surface area (Å²) in [5.74, 6) is 0.603. The first-order valence-corrected chi connectivity index (χ1v) is 16.5. The maximum Gasteiger partial charge on any atom is 0.227 e. The lowest BCUT2D eigenvalue weighted by atomic mass is 9.97. The monoisotopic (exact) mass is 628 g/mol. The van der Waals surface area contributed by atoms with Gasteiger partial charge in [-0.2, -0.15) is 0 Å². The summed E-state index contributed by atoms with van der Waals surface area (Å²) in [6.45, 7) is 0. The van der Waals surface area contributed by atoms with Gasteiger partial charge in [-0.3, -0.25) is 0 Å². The first-order chi connectivity index (χ1) is 24.3. The summed E-state index contributed by atoms with van der Waals surface area (Å²) < 4.78 is 12.7. The van der Waals surface area contributed by atoms with Gasteiger partial charge in [0.1, 0.15) is 16.7 Å². The summed E-state index contributed by atoms with van der Waals surface area (Å²) in [7, 11) is 0. The molecular weight excluding hydrogens is 601 g/mol. The van der Waals surface area contributed by atoms with Gasteiger partial charge in [-0.1, -0.05) is 103 Å². The number of anilines is 3. The van der Waals surface area contributed by atoms with Crippen molar-refractivity contribution in [1.82, 2.24) is 4.98 Å². The van der Waals surface area contributed by atoms with Gasteiger partial charge in [-0.25, -0.2) is 4.98 Å². The fourth-order valence-electron chi connectivity index (χ4n) is 7.12. The zero-order chi connectivity index (χ0) is 32.3. The molecule has 0 amide bonds. The Morgan fingerprint density at radius 1 is 0.408 bits per heavy atom. The Labute approximate surface area is 282 Å². The topological polar surface area (TPSA) is 42.4 Å². The molecule has 0 aliphatic heterocycles. The van der Waals surface area contributed by atoms with Crippen molar-refractivity contribution in [3.8, 4) is 22.6 Å². The second-order valence-corrected chi connectivity index (χ2v) is 12.4. The number of benzene rings is 8. The molecule has 10 aromatic rings. The minimum absolute atomic E-state index is 0.603. The maximum atomic E-state index is 6.38. The van der Waals surface area contributed by atoms with Gasteiger partial charge in [-0.05, 0) is 87.9 Å². The summed E-state index contributed by atoms with van der Waals surface area (Å²) >= 11 is 0. The minimum atomic E-state index is 0.603. The predicted molar refractivity (Wildman–Crippen MR) is 202 cm³/mol. The van der Waals surface area contributed by atoms with Gasteiger partial charge in [0, 0.05) is 44.9 Å². The average Bonchev–Trinajstić information content (AvgIpc) is 3.77. The van der Waals surface area contributed by atoms with Crippen LogP contribution < -0.4 is 4.90 Å². The van der Waals surface area contributed by atoms with Crippen molar-refractivity contribution in [3.05, 3.63) is 170 Å². The van der Waals surface area contributed by atoms with Gasteiger partial charge < -0.3 is 13.7 Å². The molecule has 4 nitrogen and oxygen atoms in total. The number of rotatable bonds is 5. The number of oxazole rings is 1. The zero-order valence-electron chi connectivity index (χ0n) is 26.4. The van der Waals surface area contributed by atoms with E-state index < -0.39 is 0 Å². The lowest BCUT2D eigenvalue weighted by Gasteiger charge is -2.26. The van der Waals surface area contributed by atoms with Crippen LogP contribution in [0.4, 0.5) is 17.1 Å². The van der Waals surface area contributed by atoms with Crippen LogP contribution in [0, 0.1) is 0 Å². The molecule has 4 heteroatoms. The van der Waals surface area contributed by atoms with Gasteiger partial charge >= 0.3 is 0 Å². The Morgan fingerprint density at radius 3 is 1.96 bits per heavy atom. The first kappa shape index (κ1) is 27.5. The van der Waals surface area contributed by atoms with Crippen LogP contribution >= 0.6 is 0 Å². The third-order valence-corrected chi connectivity index (χ3v) is 9.48. The normalized spacial score (nSPS) is 11.7. The summed E-state index contributed by atoms with van der Waals surface area (Å²) in [5, 5.41) is 6.87. The SMILES string of the molecule is c1cc(-c2cccc3ccccc23)cc(N(c2ccc(-c3nc4ccc5ccccc5c4o3)cc2)c2ccc3c(c2)oc2ccccc23)c1. The smallest absolute Gasteiger partial charge is 0.227 e. The second kappa shape index (κ2) is 11.0. The number of hydrogen-bond donors (Lipinski definition) is 0. The number of para-hydroxylation sites is 1. The van der Waals surface area contributed by atoms with Crippen molar-refractivity contribution in [2.75, 3.05) is 4.90 Å². The van der Waals surface area contributed by atoms with E-state index in [0.717, 1.165) is 72.0 Å². The van der Waals surface area contributed by atoms with E-state index in [9.17, 15) is 0 Å². The second-order valence-electron chi connectivity index (χ2n) is 12.4. The van der Waals surface area contributed by atoms with Gasteiger partial charge in [0.2, 0.25) is 5.89 Å². The molecule has 2 heterocycles. The molecule has 0 aliphatic carbocycles. The Morgan fingerprint density at radius 2 is 1.08 bits per heavy atom. The van der Waals surface area contributed by atoms with Crippen LogP contribution in [0.5, 0.6) is 0 Å². The van der Waals surface area contributed by atoms with Gasteiger partial charge in [0.05, 0.1) is 0 Å². The van der Waals surface area contributed by atoms with E-state index in [-0.39, 0.29) is 0 Å². The molecule has 0 radical (unpaired) electrons. The third kappa shape index (κ3) is 4.57. The molecule has 0 N–H and O–H groups in total. The summed E-state index contributed by atoms with van der Waals surface area (Å²) in [4.78, 5) is 7.14. The van der Waals surface area contributed by atoms with Crippen molar-refractivity contribution >= 4 is 71.6 Å². The standard InChI is InChI=1S/C45H28N2O2/c1-3-14-36-29(9-1)11-8-17-37(36)32-12-7-13-34(27-32)47(35-24-25-40-39-16-5-6-18-42(39)48-43(40)28-35)33-22-19-31(20-23-33)45-46-41-26-21-30-10-2-4-15-38(30)44(41)49-45/h1-28H. The van der Waals surface area contributed by atoms with Gasteiger partial charge in [0.15, 0.2) is 5.58 Å². The van der Waals surface area contributed by atoms with E-state index >= 15 is 0 Å². The van der Waals surface area contributed by atoms with Crippen molar-refractivity contribution in [2.45, 2.75) is 0 Å². The number of hydrogen-bond acceptors (Lipinski definition) is 4. The predicted octanol–water partition coefficient (Wildman–Crippen LogP) is 12.8. The highest BCUT2D eigenvalue weighted by Crippen LogP contribution is 2.41. The fraction of sp³-hybridized carbons (Fsp3) is 0. The van der Waals surface area contributed by atoms with Crippen LogP contribution in [-0.4, -0.2) is 4.98 Å². The summed E-state index contributed by atoms with van der Waals surface area (Å²) in [5.41, 5.74) is 9.72. The molecule has 0 bridgehead atoms. The van der Waals surface area contributed by atoms with Crippen LogP contribution in [0.25, 0.3) is 77.2 Å². The molecule has 0 aliphatic rings. The fourth-order valence-corrected chi connectivity index (χ4v) is 7.12. The number of aromatic nitrogens is 1. The maximum absolute atomic E-state index is 6.38. The number of fused-ring (bicyclic) bond motifs is 7. The lowest BCUT2D eigenvalue weighted by Crippen LogP contribution is -2.10. The largest absolute Gasteiger partial charge is 0.456 e. The molecule has 0 atom stereocenters. The molecule has 0 fully saturated rings. The first-order valence-electron chi connectivity index (χ1n) is 16.5. The molecule has 49 heavy (non-hydrogen) atoms. The number of nitrogens with zero attached hydrogens (tertiary/aromatic N) is 2. The van der Waals surface area contributed by atoms with Crippen molar-refractivity contribution in [3.63, 3.8) is 0 Å². The molecule has 2 aromatic heterocycles. The molecule has 10 rings (SSSR count). The van der Waals surface area contributed by atoms with Crippen LogP contribution in [-0.2, 0) is 0 Å². The quantitative estimate of drug-likeness (QED) is 0.190. The molecule has 0 spiro atoms. The van der Waals surface area contributed by atoms with Crippen molar-refractivity contribution < 1.29 is 8.83 Å². The number of furan rings is 1. The third-order valence-electron chi connectivity index (χ3n) is 9.48. The summed E-state index contributed by atoms with van der Waals surface area (Å²) in [6, 6.07) is 59.3. The molecule has 0 unspecified atom stereocenters. The highest BCUT2D eigenvalue weighted by molar-refractivity contribution is 6.06. The molecule has 0 saturated carbocycles. The molecule has 230 valence electrons. The highest BCUT2D eigenvalue weighted by Gasteiger charge is 2.18. The van der Waals surface area contributed by atoms with Gasteiger partial charge in [0.25, 0.3) is 0 Å². The Bertz CT molecular complexity index is 2840. The van der Waals surface area contributed by atoms with Crippen LogP contribution in [0.3, 0.4) is 0 Å². The lowest BCUT2D eigenvalue weighted by molar-refractivity contribution is 0.623. The van der Waals surface area contributed by atoms with E-state index in [1.54, 1.807) is 0 Å². The van der Waals surface area contributed by atoms with E-state index in [2.05, 4.69) is 144 Å². The van der Waals surface area contributed by atoms with Crippen molar-refractivity contribution in [1.29, 1.82) is 0 Å². The van der Waals surface area contributed by atoms with Gasteiger partial charge in [-0.15, -0.1) is 0 Å². The Balaban J connectivity index is 1.11. The van der Waals surface area contributed by atoms with Crippen molar-refractivity contribution in [2.24, 2.45) is 0 Å². The molecule has 8 aromatic carbocycles. The average molecular weight is 629 g/mol. The zero-order valence-corrected chi connectivity index (χ0v) is 26.4. The van der Waals surface area contributed by atoms with E-state index in [1.165, 1.54) is 16.3 Å². The molecule has 0 saturated heterocycles. The van der Waals surface area contributed by atoms with Crippen LogP contribution in [0.1, 0.15) is 0 Å². The Hall–Kier alpha value is -6.65. The van der Waals surface area contributed by atoms with Crippen LogP contribution in [0.15, 0.2) is 179 Å². The van der Waals surface area contributed by atoms with E-state index in [0.29, 0.717) is 5.89 Å². The van der Waals surface area contributed by atoms with Crippen LogP contribution in [0.2, 0.25) is 0 Å².